The summed E-state index contributed by atoms with van der Waals surface area (Å²) in [5.41, 5.74) is 9.80. The molecule has 0 radical (unpaired) electrons. The number of hydrogen-bond donors (Lipinski definition) is 0. The standard InChI is InChI=1S/C48H30OS/c1-2-13-30-28-31(25-24-29(30)12-1)44-33-15-3-5-17-35(33)45(36-18-6-4-16-34(36)44)41-27-26-37(47-46(41)40-19-7-9-22-42(40)49-47)39-21-11-20-38-32-14-8-10-23-43(32)50-48(38)39/h1-25,28H,26-27H2. The van der Waals surface area contributed by atoms with Crippen molar-refractivity contribution in [1.29, 1.82) is 0 Å². The Bertz CT molecular complexity index is 3100. The largest absolute Gasteiger partial charge is 0.456 e. The fourth-order valence-electron chi connectivity index (χ4n) is 8.65. The summed E-state index contributed by atoms with van der Waals surface area (Å²) in [6.45, 7) is 0. The van der Waals surface area contributed by atoms with E-state index in [0.29, 0.717) is 0 Å². The van der Waals surface area contributed by atoms with Gasteiger partial charge in [0, 0.05) is 36.4 Å². The number of para-hydroxylation sites is 1. The molecule has 2 heterocycles. The van der Waals surface area contributed by atoms with E-state index in [4.69, 9.17) is 4.42 Å². The first kappa shape index (κ1) is 27.9. The monoisotopic (exact) mass is 654 g/mol. The highest BCUT2D eigenvalue weighted by molar-refractivity contribution is 7.26. The van der Waals surface area contributed by atoms with E-state index in [9.17, 15) is 0 Å². The third-order valence-electron chi connectivity index (χ3n) is 10.8. The lowest BCUT2D eigenvalue weighted by atomic mass is 9.81. The molecule has 0 saturated carbocycles. The zero-order valence-corrected chi connectivity index (χ0v) is 28.1. The van der Waals surface area contributed by atoms with Crippen LogP contribution in [-0.4, -0.2) is 0 Å². The van der Waals surface area contributed by atoms with Crippen LogP contribution in [0.3, 0.4) is 0 Å². The SMILES string of the molecule is c1ccc2cc(-c3c4ccccc4c(C4=c5c(oc6ccccc56)=C(c5cccc6c5sc5ccccc56)CC4)c4ccccc34)ccc2c1. The average Bonchev–Trinajstić information content (AvgIpc) is 3.76. The Morgan fingerprint density at radius 3 is 1.82 bits per heavy atom. The lowest BCUT2D eigenvalue weighted by Gasteiger charge is -2.21. The van der Waals surface area contributed by atoms with Crippen LogP contribution in [0, 0.1) is 0 Å². The minimum atomic E-state index is 0.907. The predicted molar refractivity (Wildman–Crippen MR) is 213 cm³/mol. The molecule has 0 atom stereocenters. The first-order chi connectivity index (χ1) is 24.8. The molecular formula is C48H30OS. The van der Waals surface area contributed by atoms with Gasteiger partial charge in [-0.25, -0.2) is 0 Å². The van der Waals surface area contributed by atoms with Crippen molar-refractivity contribution >= 4 is 85.9 Å². The molecule has 1 nitrogen and oxygen atoms in total. The van der Waals surface area contributed by atoms with Gasteiger partial charge in [0.15, 0.2) is 0 Å². The molecule has 0 aliphatic heterocycles. The Balaban J connectivity index is 1.28. The van der Waals surface area contributed by atoms with Crippen LogP contribution in [-0.2, 0) is 0 Å². The summed E-state index contributed by atoms with van der Waals surface area (Å²) < 4.78 is 9.61. The lowest BCUT2D eigenvalue weighted by molar-refractivity contribution is 0.568. The predicted octanol–water partition coefficient (Wildman–Crippen LogP) is 12.1. The maximum atomic E-state index is 6.94. The van der Waals surface area contributed by atoms with Crippen molar-refractivity contribution in [2.45, 2.75) is 12.8 Å². The number of rotatable bonds is 3. The first-order valence-corrected chi connectivity index (χ1v) is 18.2. The van der Waals surface area contributed by atoms with Crippen molar-refractivity contribution in [1.82, 2.24) is 0 Å². The summed E-state index contributed by atoms with van der Waals surface area (Å²) in [6.07, 6.45) is 1.83. The van der Waals surface area contributed by atoms with Crippen molar-refractivity contribution in [3.05, 3.63) is 179 Å². The highest BCUT2D eigenvalue weighted by atomic mass is 32.1. The number of fused-ring (bicyclic) bond motifs is 9. The molecule has 1 aliphatic carbocycles. The van der Waals surface area contributed by atoms with Gasteiger partial charge < -0.3 is 4.42 Å². The van der Waals surface area contributed by atoms with Crippen molar-refractivity contribution in [2.75, 3.05) is 0 Å². The molecule has 0 fully saturated rings. The van der Waals surface area contributed by atoms with Gasteiger partial charge in [0.25, 0.3) is 0 Å². The second kappa shape index (κ2) is 10.8. The molecule has 2 aromatic heterocycles. The minimum absolute atomic E-state index is 0.907. The fraction of sp³-hybridized carbons (Fsp3) is 0.0417. The number of benzene rings is 8. The highest BCUT2D eigenvalue weighted by Crippen LogP contribution is 2.45. The summed E-state index contributed by atoms with van der Waals surface area (Å²) >= 11 is 1.90. The molecule has 1 aliphatic rings. The molecule has 0 bridgehead atoms. The van der Waals surface area contributed by atoms with Crippen LogP contribution in [0.5, 0.6) is 0 Å². The third-order valence-corrected chi connectivity index (χ3v) is 12.0. The Hall–Kier alpha value is -5.96. The summed E-state index contributed by atoms with van der Waals surface area (Å²) in [4.78, 5) is 0. The lowest BCUT2D eigenvalue weighted by Crippen LogP contribution is -2.30. The van der Waals surface area contributed by atoms with Crippen molar-refractivity contribution in [3.8, 4) is 11.1 Å². The van der Waals surface area contributed by atoms with Crippen molar-refractivity contribution in [3.63, 3.8) is 0 Å². The Labute approximate surface area is 292 Å². The van der Waals surface area contributed by atoms with E-state index in [1.54, 1.807) is 0 Å². The van der Waals surface area contributed by atoms with Gasteiger partial charge in [-0.2, -0.15) is 0 Å². The molecule has 50 heavy (non-hydrogen) atoms. The van der Waals surface area contributed by atoms with Gasteiger partial charge in [0.1, 0.15) is 11.0 Å². The zero-order chi connectivity index (χ0) is 32.8. The fourth-order valence-corrected chi connectivity index (χ4v) is 9.89. The minimum Gasteiger partial charge on any atom is -0.456 e. The van der Waals surface area contributed by atoms with Crippen LogP contribution in [0.2, 0.25) is 0 Å². The van der Waals surface area contributed by atoms with Crippen molar-refractivity contribution < 1.29 is 4.42 Å². The van der Waals surface area contributed by atoms with E-state index in [0.717, 1.165) is 23.8 Å². The van der Waals surface area contributed by atoms with Gasteiger partial charge in [0.05, 0.1) is 0 Å². The van der Waals surface area contributed by atoms with Gasteiger partial charge in [-0.05, 0) is 91.2 Å². The van der Waals surface area contributed by atoms with Crippen LogP contribution in [0.1, 0.15) is 24.0 Å². The van der Waals surface area contributed by atoms with Gasteiger partial charge in [-0.15, -0.1) is 11.3 Å². The Morgan fingerprint density at radius 2 is 1.04 bits per heavy atom. The second-order valence-corrected chi connectivity index (χ2v) is 14.5. The zero-order valence-electron chi connectivity index (χ0n) is 27.2. The van der Waals surface area contributed by atoms with E-state index in [2.05, 4.69) is 158 Å². The second-order valence-electron chi connectivity index (χ2n) is 13.4. The van der Waals surface area contributed by atoms with Crippen molar-refractivity contribution in [2.24, 2.45) is 0 Å². The first-order valence-electron chi connectivity index (χ1n) is 17.4. The highest BCUT2D eigenvalue weighted by Gasteiger charge is 2.25. The molecule has 0 amide bonds. The van der Waals surface area contributed by atoms with Crippen LogP contribution in [0.15, 0.2) is 162 Å². The van der Waals surface area contributed by atoms with Gasteiger partial charge in [-0.3, -0.25) is 0 Å². The summed E-state index contributed by atoms with van der Waals surface area (Å²) in [5, 5.41) is 12.7. The van der Waals surface area contributed by atoms with Gasteiger partial charge >= 0.3 is 0 Å². The quantitative estimate of drug-likeness (QED) is 0.173. The van der Waals surface area contributed by atoms with Crippen LogP contribution < -0.4 is 10.6 Å². The topological polar surface area (TPSA) is 13.1 Å². The molecule has 8 aromatic carbocycles. The van der Waals surface area contributed by atoms with Crippen LogP contribution in [0.4, 0.5) is 0 Å². The van der Waals surface area contributed by atoms with E-state index in [-0.39, 0.29) is 0 Å². The maximum Gasteiger partial charge on any atom is 0.139 e. The number of furan rings is 1. The Kier molecular flexibility index (Phi) is 6.02. The molecule has 0 unspecified atom stereocenters. The number of thiophene rings is 1. The third kappa shape index (κ3) is 4.00. The molecule has 0 saturated heterocycles. The Morgan fingerprint density at radius 1 is 0.440 bits per heavy atom. The van der Waals surface area contributed by atoms with Gasteiger partial charge in [-0.1, -0.05) is 140 Å². The summed E-state index contributed by atoms with van der Waals surface area (Å²) in [7, 11) is 0. The smallest absolute Gasteiger partial charge is 0.139 e. The molecule has 234 valence electrons. The summed E-state index contributed by atoms with van der Waals surface area (Å²) in [5.74, 6) is 0. The van der Waals surface area contributed by atoms with E-state index in [1.165, 1.54) is 96.5 Å². The van der Waals surface area contributed by atoms with Crippen LogP contribution in [0.25, 0.3) is 85.7 Å². The van der Waals surface area contributed by atoms with Crippen LogP contribution >= 0.6 is 11.3 Å². The molecule has 2 heteroatoms. The van der Waals surface area contributed by atoms with E-state index in [1.807, 2.05) is 11.3 Å². The summed E-state index contributed by atoms with van der Waals surface area (Å²) in [6, 6.07) is 57.8. The normalized spacial score (nSPS) is 13.4. The molecular weight excluding hydrogens is 625 g/mol. The van der Waals surface area contributed by atoms with E-state index < -0.39 is 0 Å². The molecule has 0 N–H and O–H groups in total. The molecule has 11 rings (SSSR count). The molecule has 10 aromatic rings. The van der Waals surface area contributed by atoms with E-state index >= 15 is 0 Å². The number of hydrogen-bond acceptors (Lipinski definition) is 2. The van der Waals surface area contributed by atoms with Gasteiger partial charge in [0.2, 0.25) is 0 Å². The molecule has 0 spiro atoms. The maximum absolute atomic E-state index is 6.94. The average molecular weight is 655 g/mol.